The van der Waals surface area contributed by atoms with Crippen molar-refractivity contribution in [2.24, 2.45) is 47.3 Å². The van der Waals surface area contributed by atoms with Gasteiger partial charge in [-0.3, -0.25) is 20.1 Å². The Bertz CT molecular complexity index is 3700. The quantitative estimate of drug-likeness (QED) is 0.0497. The molecule has 0 saturated heterocycles. The zero-order valence-electron chi connectivity index (χ0n) is 50.2. The number of aromatic amines is 3. The number of nitrogens with one attached hydrogen (secondary N) is 4. The second-order valence-electron chi connectivity index (χ2n) is 23.5. The summed E-state index contributed by atoms with van der Waals surface area (Å²) in [6, 6.07) is 20.1. The van der Waals surface area contributed by atoms with E-state index in [0.29, 0.717) is 124 Å². The highest BCUT2D eigenvalue weighted by Gasteiger charge is 2.37. The molecule has 2 aliphatic rings. The van der Waals surface area contributed by atoms with Crippen molar-refractivity contribution in [1.82, 2.24) is 39.4 Å². The van der Waals surface area contributed by atoms with Gasteiger partial charge >= 0.3 is 11.9 Å². The van der Waals surface area contributed by atoms with E-state index in [9.17, 15) is 14.4 Å². The fourth-order valence-corrected chi connectivity index (χ4v) is 13.1. The first-order chi connectivity index (χ1) is 40.3. The molecule has 19 nitrogen and oxygen atoms in total. The molecule has 19 heteroatoms. The zero-order chi connectivity index (χ0) is 60.1. The van der Waals surface area contributed by atoms with Crippen molar-refractivity contribution in [3.63, 3.8) is 0 Å². The van der Waals surface area contributed by atoms with E-state index in [1.165, 1.54) is 39.3 Å². The molecule has 5 aromatic heterocycles. The molecule has 4 N–H and O–H groups in total. The SMILES string of the molecule is [C-]#[N+]c1c(CC2C(C)CC(C)CC2C)c2nc(C)[nH]n2c1OC(=O)c1c(OC)cccc1OC.[C-]#[N+]c1c(CC2C(C)CC(C)CC2C)c2nc(Cc3ccc(NC(=O)C(CC)Oc4ccc(C)cc4C)cc3)[nH]n2c1OC(=O)c1ccn[nH]1. The first-order valence-corrected chi connectivity index (χ1v) is 29.1. The summed E-state index contributed by atoms with van der Waals surface area (Å²) < 4.78 is 31.7. The first-order valence-electron chi connectivity index (χ1n) is 29.1. The Balaban J connectivity index is 0.000000217. The number of hydrogen-bond donors (Lipinski definition) is 4. The number of benzene rings is 3. The molecule has 0 spiro atoms. The molecule has 0 aliphatic heterocycles. The van der Waals surface area contributed by atoms with Crippen LogP contribution >= 0.6 is 0 Å². The maximum absolute atomic E-state index is 13.3. The lowest BCUT2D eigenvalue weighted by atomic mass is 9.67. The molecular weight excluding hydrogens is 1060 g/mol. The summed E-state index contributed by atoms with van der Waals surface area (Å²) in [7, 11) is 2.96. The Labute approximate surface area is 490 Å². The molecule has 0 radical (unpaired) electrons. The highest BCUT2D eigenvalue weighted by atomic mass is 16.6. The van der Waals surface area contributed by atoms with E-state index < -0.39 is 18.0 Å². The number of ether oxygens (including phenoxy) is 5. The number of aromatic nitrogens is 8. The van der Waals surface area contributed by atoms with Crippen LogP contribution in [0.25, 0.3) is 21.0 Å². The van der Waals surface area contributed by atoms with Crippen molar-refractivity contribution >= 4 is 46.2 Å². The van der Waals surface area contributed by atoms with Gasteiger partial charge in [0.1, 0.15) is 51.4 Å². The van der Waals surface area contributed by atoms with Crippen LogP contribution in [0.1, 0.15) is 141 Å². The van der Waals surface area contributed by atoms with Crippen LogP contribution < -0.4 is 29.0 Å². The average Bonchev–Trinajstić information content (AvgIpc) is 2.28. The number of esters is 2. The Morgan fingerprint density at radius 1 is 0.702 bits per heavy atom. The highest BCUT2D eigenvalue weighted by Crippen LogP contribution is 2.47. The van der Waals surface area contributed by atoms with Crippen LogP contribution in [0, 0.1) is 81.3 Å². The second-order valence-corrected chi connectivity index (χ2v) is 23.5. The number of fused-ring (bicyclic) bond motifs is 2. The van der Waals surface area contributed by atoms with E-state index in [1.54, 1.807) is 27.2 Å². The van der Waals surface area contributed by atoms with Crippen LogP contribution in [-0.2, 0) is 24.1 Å². The minimum Gasteiger partial charge on any atom is -0.496 e. The van der Waals surface area contributed by atoms with Crippen molar-refractivity contribution in [3.8, 4) is 29.0 Å². The minimum absolute atomic E-state index is 0.124. The van der Waals surface area contributed by atoms with Gasteiger partial charge in [-0.2, -0.15) is 5.10 Å². The van der Waals surface area contributed by atoms with Crippen LogP contribution in [0.2, 0.25) is 0 Å². The third kappa shape index (κ3) is 12.7. The van der Waals surface area contributed by atoms with Gasteiger partial charge in [0, 0.05) is 29.4 Å². The number of anilines is 1. The van der Waals surface area contributed by atoms with Crippen LogP contribution in [0.4, 0.5) is 17.1 Å². The monoisotopic (exact) mass is 1140 g/mol. The molecule has 3 aromatic carbocycles. The largest absolute Gasteiger partial charge is 0.496 e. The van der Waals surface area contributed by atoms with Crippen LogP contribution in [-0.4, -0.2) is 77.6 Å². The summed E-state index contributed by atoms with van der Waals surface area (Å²) in [5, 5.41) is 15.9. The molecule has 10 rings (SSSR count). The number of carbonyl (C=O) groups is 3. The minimum atomic E-state index is -0.661. The second kappa shape index (κ2) is 25.7. The lowest BCUT2D eigenvalue weighted by Crippen LogP contribution is -2.32. The number of amides is 1. The van der Waals surface area contributed by atoms with E-state index in [4.69, 9.17) is 41.8 Å². The maximum atomic E-state index is 13.3. The number of rotatable bonds is 17. The lowest BCUT2D eigenvalue weighted by Gasteiger charge is -2.38. The van der Waals surface area contributed by atoms with Crippen molar-refractivity contribution in [2.45, 2.75) is 127 Å². The van der Waals surface area contributed by atoms with Gasteiger partial charge in [-0.05, 0) is 161 Å². The molecule has 5 heterocycles. The third-order valence-corrected chi connectivity index (χ3v) is 17.1. The van der Waals surface area contributed by atoms with Crippen LogP contribution in [0.3, 0.4) is 0 Å². The molecule has 2 saturated carbocycles. The number of nitrogens with zero attached hydrogens (tertiary/aromatic N) is 7. The predicted molar refractivity (Wildman–Crippen MR) is 321 cm³/mol. The van der Waals surface area contributed by atoms with Gasteiger partial charge in [0.05, 0.1) is 27.4 Å². The maximum Gasteiger partial charge on any atom is 0.361 e. The van der Waals surface area contributed by atoms with Gasteiger partial charge in [-0.15, -0.1) is 0 Å². The predicted octanol–water partition coefficient (Wildman–Crippen LogP) is 13.6. The van der Waals surface area contributed by atoms with Crippen LogP contribution in [0.15, 0.2) is 72.9 Å². The van der Waals surface area contributed by atoms with E-state index in [1.807, 2.05) is 70.2 Å². The van der Waals surface area contributed by atoms with Gasteiger partial charge in [0.25, 0.3) is 17.3 Å². The molecule has 440 valence electrons. The topological polar surface area (TPSA) is 213 Å². The summed E-state index contributed by atoms with van der Waals surface area (Å²) in [5.74, 6) is 5.68. The number of hydrogen-bond acceptors (Lipinski definition) is 11. The van der Waals surface area contributed by atoms with Gasteiger partial charge in [0.2, 0.25) is 11.8 Å². The Kier molecular flexibility index (Phi) is 18.3. The van der Waals surface area contributed by atoms with Crippen molar-refractivity contribution in [3.05, 3.63) is 146 Å². The normalized spacial score (nSPS) is 20.7. The average molecular weight is 1140 g/mol. The summed E-state index contributed by atoms with van der Waals surface area (Å²) >= 11 is 0. The Hall–Kier alpha value is -8.84. The third-order valence-electron chi connectivity index (χ3n) is 17.1. The molecule has 8 aromatic rings. The molecule has 1 amide bonds. The van der Waals surface area contributed by atoms with Crippen LogP contribution in [0.5, 0.6) is 29.0 Å². The summed E-state index contributed by atoms with van der Waals surface area (Å²) in [6.07, 6.45) is 7.85. The van der Waals surface area contributed by atoms with E-state index in [-0.39, 0.29) is 28.9 Å². The smallest absolute Gasteiger partial charge is 0.361 e. The molecule has 84 heavy (non-hydrogen) atoms. The van der Waals surface area contributed by atoms with E-state index in [0.717, 1.165) is 47.1 Å². The Morgan fingerprint density at radius 3 is 1.76 bits per heavy atom. The number of carbonyl (C=O) groups excluding carboxylic acids is 3. The number of aryl methyl sites for hydroxylation is 3. The van der Waals surface area contributed by atoms with Crippen molar-refractivity contribution in [1.29, 1.82) is 0 Å². The number of methoxy groups -OCH3 is 2. The lowest BCUT2D eigenvalue weighted by molar-refractivity contribution is -0.122. The van der Waals surface area contributed by atoms with Gasteiger partial charge < -0.3 is 29.0 Å². The number of H-pyrrole nitrogens is 3. The molecule has 2 fully saturated rings. The van der Waals surface area contributed by atoms with Gasteiger partial charge in [-0.1, -0.05) is 84.4 Å². The molecule has 5 unspecified atom stereocenters. The molecular formula is C65H77N11O8. The van der Waals surface area contributed by atoms with Crippen molar-refractivity contribution < 1.29 is 38.1 Å². The van der Waals surface area contributed by atoms with Gasteiger partial charge in [-0.25, -0.2) is 38.3 Å². The summed E-state index contributed by atoms with van der Waals surface area (Å²) in [6.45, 7) is 37.6. The van der Waals surface area contributed by atoms with Crippen molar-refractivity contribution in [2.75, 3.05) is 19.5 Å². The summed E-state index contributed by atoms with van der Waals surface area (Å²) in [5.41, 5.74) is 7.58. The molecule has 2 aliphatic carbocycles. The fraction of sp³-hybridized carbons (Fsp3) is 0.446. The zero-order valence-corrected chi connectivity index (χ0v) is 50.2. The summed E-state index contributed by atoms with van der Waals surface area (Å²) in [4.78, 5) is 56.7. The van der Waals surface area contributed by atoms with E-state index in [2.05, 4.69) is 81.9 Å². The first kappa shape index (κ1) is 59.8. The molecule has 0 bridgehead atoms. The van der Waals surface area contributed by atoms with Gasteiger partial charge in [0.15, 0.2) is 6.10 Å². The highest BCUT2D eigenvalue weighted by molar-refractivity contribution is 5.98. The Morgan fingerprint density at radius 2 is 1.25 bits per heavy atom. The fourth-order valence-electron chi connectivity index (χ4n) is 13.1. The van der Waals surface area contributed by atoms with E-state index >= 15 is 0 Å². The standard InChI is InChI=1S/C39H45N7O4.C26H32N4O4/c1-8-32(49-33-14-9-22(2)17-26(33)6)37(47)42-28-12-10-27(11-13-28)20-34-43-36-30(21-29-24(4)18-23(3)19-25(29)5)35(40-7)38(46(36)45-34)50-39(48)31-15-16-41-44-31;1-14-11-15(2)18(16(3)12-14)13-19-23(27-5)25(30-24(19)28-17(4)29-30)34-26(31)22-20(32-6)9-8-10-21(22)33-7/h9-17,23-25,29,32H,8,18-21H2,1-6H3,(H,41,44)(H,42,47)(H,43,45);8-10,14-16,18H,11-13H2,1-4,6-7H3,(H,28,29). The molecule has 5 atom stereocenters.